The molecule has 0 saturated carbocycles. The maximum Gasteiger partial charge on any atom is 0.151 e. The van der Waals surface area contributed by atoms with Crippen LogP contribution < -0.4 is 5.73 Å². The smallest absolute Gasteiger partial charge is 0.151 e. The van der Waals surface area contributed by atoms with Crippen LogP contribution in [0.5, 0.6) is 0 Å². The first-order valence-corrected chi connectivity index (χ1v) is 6.55. The van der Waals surface area contributed by atoms with Crippen molar-refractivity contribution in [1.29, 1.82) is 0 Å². The number of hydrogen-bond donors (Lipinski definition) is 1. The van der Waals surface area contributed by atoms with Crippen LogP contribution in [0.25, 0.3) is 5.65 Å². The van der Waals surface area contributed by atoms with Crippen molar-refractivity contribution in [1.82, 2.24) is 9.38 Å². The third kappa shape index (κ3) is 2.05. The molecule has 0 amide bonds. The van der Waals surface area contributed by atoms with Gasteiger partial charge in [0.25, 0.3) is 0 Å². The molecule has 5 heteroatoms. The van der Waals surface area contributed by atoms with Gasteiger partial charge in [-0.15, -0.1) is 0 Å². The molecule has 90 valence electrons. The standard InChI is InChI=1S/C12H14BrN3O/c13-10-5-9(14)6-16-7-11(15-12(10)16)8-1-3-17-4-2-8/h5-8H,1-4,14H2. The Morgan fingerprint density at radius 1 is 1.35 bits per heavy atom. The van der Waals surface area contributed by atoms with E-state index in [4.69, 9.17) is 10.5 Å². The van der Waals surface area contributed by atoms with Crippen LogP contribution >= 0.6 is 15.9 Å². The fraction of sp³-hybridized carbons (Fsp3) is 0.417. The van der Waals surface area contributed by atoms with E-state index >= 15 is 0 Å². The second-order valence-corrected chi connectivity index (χ2v) is 5.26. The summed E-state index contributed by atoms with van der Waals surface area (Å²) in [7, 11) is 0. The van der Waals surface area contributed by atoms with Crippen molar-refractivity contribution in [2.75, 3.05) is 18.9 Å². The summed E-state index contributed by atoms with van der Waals surface area (Å²) < 4.78 is 8.31. The SMILES string of the molecule is Nc1cc(Br)c2nc(C3CCOCC3)cn2c1. The normalized spacial score (nSPS) is 17.7. The van der Waals surface area contributed by atoms with Gasteiger partial charge < -0.3 is 14.9 Å². The Labute approximate surface area is 108 Å². The zero-order chi connectivity index (χ0) is 11.8. The third-order valence-corrected chi connectivity index (χ3v) is 3.77. The fourth-order valence-corrected chi connectivity index (χ4v) is 2.84. The minimum atomic E-state index is 0.511. The number of nitrogen functional groups attached to an aromatic ring is 1. The minimum Gasteiger partial charge on any atom is -0.397 e. The quantitative estimate of drug-likeness (QED) is 0.880. The lowest BCUT2D eigenvalue weighted by molar-refractivity contribution is 0.0846. The van der Waals surface area contributed by atoms with Crippen molar-refractivity contribution in [3.63, 3.8) is 0 Å². The highest BCUT2D eigenvalue weighted by Gasteiger charge is 2.19. The summed E-state index contributed by atoms with van der Waals surface area (Å²) in [6.45, 7) is 1.67. The van der Waals surface area contributed by atoms with E-state index in [1.165, 1.54) is 0 Å². The van der Waals surface area contributed by atoms with Crippen LogP contribution in [0.15, 0.2) is 22.9 Å². The van der Waals surface area contributed by atoms with Gasteiger partial charge in [-0.25, -0.2) is 4.98 Å². The molecule has 1 saturated heterocycles. The van der Waals surface area contributed by atoms with E-state index in [0.717, 1.165) is 47.6 Å². The van der Waals surface area contributed by atoms with Gasteiger partial charge in [0.05, 0.1) is 10.2 Å². The molecule has 0 spiro atoms. The second kappa shape index (κ2) is 4.31. The van der Waals surface area contributed by atoms with Crippen LogP contribution in [0.3, 0.4) is 0 Å². The van der Waals surface area contributed by atoms with E-state index < -0.39 is 0 Å². The third-order valence-electron chi connectivity index (χ3n) is 3.19. The Bertz CT molecular complexity index is 546. The number of ether oxygens (including phenoxy) is 1. The lowest BCUT2D eigenvalue weighted by atomic mass is 9.97. The highest BCUT2D eigenvalue weighted by atomic mass is 79.9. The van der Waals surface area contributed by atoms with Crippen LogP contribution in [0, 0.1) is 0 Å². The molecular formula is C12H14BrN3O. The van der Waals surface area contributed by atoms with Crippen molar-refractivity contribution in [3.8, 4) is 0 Å². The van der Waals surface area contributed by atoms with Crippen molar-refractivity contribution >= 4 is 27.3 Å². The molecule has 1 aliphatic rings. The number of halogens is 1. The number of aromatic nitrogens is 2. The van der Waals surface area contributed by atoms with Gasteiger partial charge in [-0.3, -0.25) is 0 Å². The molecule has 17 heavy (non-hydrogen) atoms. The van der Waals surface area contributed by atoms with Crippen molar-refractivity contribution in [2.24, 2.45) is 0 Å². The topological polar surface area (TPSA) is 52.5 Å². The largest absolute Gasteiger partial charge is 0.397 e. The Morgan fingerprint density at radius 3 is 2.88 bits per heavy atom. The van der Waals surface area contributed by atoms with Gasteiger partial charge in [-0.2, -0.15) is 0 Å². The summed E-state index contributed by atoms with van der Waals surface area (Å²) in [6.07, 6.45) is 6.08. The molecule has 1 aliphatic heterocycles. The van der Waals surface area contributed by atoms with Gasteiger partial charge >= 0.3 is 0 Å². The second-order valence-electron chi connectivity index (χ2n) is 4.40. The van der Waals surface area contributed by atoms with Crippen LogP contribution in [0.1, 0.15) is 24.5 Å². The molecule has 3 heterocycles. The van der Waals surface area contributed by atoms with Gasteiger partial charge in [0.1, 0.15) is 0 Å². The lowest BCUT2D eigenvalue weighted by Crippen LogP contribution is -2.14. The summed E-state index contributed by atoms with van der Waals surface area (Å²) in [5, 5.41) is 0. The zero-order valence-corrected chi connectivity index (χ0v) is 11.0. The van der Waals surface area contributed by atoms with Gasteiger partial charge in [-0.1, -0.05) is 0 Å². The van der Waals surface area contributed by atoms with E-state index in [-0.39, 0.29) is 0 Å². The van der Waals surface area contributed by atoms with Crippen LogP contribution in [-0.4, -0.2) is 22.6 Å². The van der Waals surface area contributed by atoms with E-state index in [2.05, 4.69) is 27.1 Å². The van der Waals surface area contributed by atoms with E-state index in [1.807, 2.05) is 16.7 Å². The number of anilines is 1. The lowest BCUT2D eigenvalue weighted by Gasteiger charge is -2.19. The maximum absolute atomic E-state index is 5.81. The highest BCUT2D eigenvalue weighted by molar-refractivity contribution is 9.10. The predicted octanol–water partition coefficient (Wildman–Crippen LogP) is 2.57. The van der Waals surface area contributed by atoms with Gasteiger partial charge in [0, 0.05) is 37.2 Å². The summed E-state index contributed by atoms with van der Waals surface area (Å²) in [4.78, 5) is 4.68. The van der Waals surface area contributed by atoms with Crippen molar-refractivity contribution in [2.45, 2.75) is 18.8 Å². The van der Waals surface area contributed by atoms with Crippen molar-refractivity contribution in [3.05, 3.63) is 28.6 Å². The van der Waals surface area contributed by atoms with E-state index in [9.17, 15) is 0 Å². The zero-order valence-electron chi connectivity index (χ0n) is 9.40. The molecule has 3 rings (SSSR count). The number of nitrogens with zero attached hydrogens (tertiary/aromatic N) is 2. The first-order valence-electron chi connectivity index (χ1n) is 5.75. The summed E-state index contributed by atoms with van der Waals surface area (Å²) in [5.74, 6) is 0.511. The first-order chi connectivity index (χ1) is 8.24. The Morgan fingerprint density at radius 2 is 2.12 bits per heavy atom. The molecule has 0 radical (unpaired) electrons. The molecule has 4 nitrogen and oxygen atoms in total. The Hall–Kier alpha value is -1.07. The van der Waals surface area contributed by atoms with Crippen LogP contribution in [0.2, 0.25) is 0 Å². The Kier molecular flexibility index (Phi) is 2.80. The molecule has 2 aromatic heterocycles. The molecule has 0 unspecified atom stereocenters. The van der Waals surface area contributed by atoms with Crippen LogP contribution in [0.4, 0.5) is 5.69 Å². The predicted molar refractivity (Wildman–Crippen MR) is 70.1 cm³/mol. The molecule has 0 aliphatic carbocycles. The molecular weight excluding hydrogens is 282 g/mol. The van der Waals surface area contributed by atoms with E-state index in [1.54, 1.807) is 0 Å². The first kappa shape index (κ1) is 11.0. The summed E-state index contributed by atoms with van der Waals surface area (Å²) in [6, 6.07) is 1.89. The van der Waals surface area contributed by atoms with Gasteiger partial charge in [0.15, 0.2) is 5.65 Å². The molecule has 2 aromatic rings. The number of rotatable bonds is 1. The average Bonchev–Trinajstić information content (AvgIpc) is 2.74. The number of fused-ring (bicyclic) bond motifs is 1. The van der Waals surface area contributed by atoms with Crippen LogP contribution in [-0.2, 0) is 4.74 Å². The molecule has 0 bridgehead atoms. The molecule has 0 atom stereocenters. The summed E-state index contributed by atoms with van der Waals surface area (Å²) in [5.41, 5.74) is 8.62. The fourth-order valence-electron chi connectivity index (χ4n) is 2.29. The molecule has 2 N–H and O–H groups in total. The molecule has 0 aromatic carbocycles. The monoisotopic (exact) mass is 295 g/mol. The number of hydrogen-bond acceptors (Lipinski definition) is 3. The summed E-state index contributed by atoms with van der Waals surface area (Å²) >= 11 is 3.50. The average molecular weight is 296 g/mol. The number of nitrogens with two attached hydrogens (primary N) is 1. The maximum atomic E-state index is 5.81. The minimum absolute atomic E-state index is 0.511. The molecule has 1 fully saturated rings. The van der Waals surface area contributed by atoms with Gasteiger partial charge in [-0.05, 0) is 34.8 Å². The Balaban J connectivity index is 2.03. The van der Waals surface area contributed by atoms with E-state index in [0.29, 0.717) is 5.92 Å². The number of pyridine rings is 1. The number of imidazole rings is 1. The van der Waals surface area contributed by atoms with Crippen molar-refractivity contribution < 1.29 is 4.74 Å². The highest BCUT2D eigenvalue weighted by Crippen LogP contribution is 2.28. The van der Waals surface area contributed by atoms with Gasteiger partial charge in [0.2, 0.25) is 0 Å².